The van der Waals surface area contributed by atoms with Crippen LogP contribution in [0, 0.1) is 12.8 Å². The third-order valence-corrected chi connectivity index (χ3v) is 7.78. The van der Waals surface area contributed by atoms with Gasteiger partial charge in [-0.05, 0) is 31.9 Å². The van der Waals surface area contributed by atoms with Crippen molar-refractivity contribution in [2.45, 2.75) is 37.8 Å². The number of nitrogen functional groups attached to an aromatic ring is 1. The van der Waals surface area contributed by atoms with Crippen LogP contribution in [0.25, 0.3) is 10.3 Å². The molecule has 0 radical (unpaired) electrons. The number of rotatable bonds is 5. The minimum absolute atomic E-state index is 0.0500. The number of carbonyl (C=O) groups is 1. The third kappa shape index (κ3) is 4.19. The van der Waals surface area contributed by atoms with E-state index in [9.17, 15) is 4.79 Å². The number of carbonyl (C=O) groups excluding carboxylic acids is 1. The second-order valence-corrected chi connectivity index (χ2v) is 10.1. The first-order valence-corrected chi connectivity index (χ1v) is 12.2. The molecule has 0 bridgehead atoms. The van der Waals surface area contributed by atoms with Gasteiger partial charge in [0.25, 0.3) is 11.8 Å². The standard InChI is InChI=1S/C23H27F2N7O2S/c1-11-7-28-19-18(27)20(35-22(19)29-11)21(33)31-16-5-4-15-13(23(16,24)25)3-6-17(30-15)32-8-12(10-34-2)14(26)9-32/h3,6-7,12,14,16H,4-5,8-10,26-27H2,1-2H3,(H,31,33). The lowest BCUT2D eigenvalue weighted by Gasteiger charge is -2.33. The monoisotopic (exact) mass is 503 g/mol. The molecule has 2 aliphatic rings. The number of aryl methyl sites for hydroxylation is 2. The van der Waals surface area contributed by atoms with Crippen LogP contribution in [0.1, 0.15) is 33.0 Å². The third-order valence-electron chi connectivity index (χ3n) is 6.69. The number of pyridine rings is 1. The molecule has 0 spiro atoms. The summed E-state index contributed by atoms with van der Waals surface area (Å²) in [7, 11) is 1.63. The number of nitrogens with zero attached hydrogens (tertiary/aromatic N) is 4. The maximum atomic E-state index is 15.5. The van der Waals surface area contributed by atoms with E-state index < -0.39 is 17.9 Å². The van der Waals surface area contributed by atoms with Gasteiger partial charge < -0.3 is 26.4 Å². The van der Waals surface area contributed by atoms with E-state index in [1.807, 2.05) is 4.90 Å². The summed E-state index contributed by atoms with van der Waals surface area (Å²) in [5, 5.41) is 2.50. The Bertz CT molecular complexity index is 1280. The molecule has 35 heavy (non-hydrogen) atoms. The molecule has 3 atom stereocenters. The molecule has 0 aromatic carbocycles. The Morgan fingerprint density at radius 2 is 2.14 bits per heavy atom. The van der Waals surface area contributed by atoms with Crippen molar-refractivity contribution in [2.24, 2.45) is 11.7 Å². The van der Waals surface area contributed by atoms with Gasteiger partial charge in [-0.25, -0.2) is 15.0 Å². The van der Waals surface area contributed by atoms with Crippen LogP contribution in [0.15, 0.2) is 18.3 Å². The molecule has 186 valence electrons. The van der Waals surface area contributed by atoms with Crippen molar-refractivity contribution in [3.8, 4) is 0 Å². The number of thiophene rings is 1. The number of aromatic nitrogens is 3. The van der Waals surface area contributed by atoms with E-state index in [1.54, 1.807) is 26.3 Å². The second kappa shape index (κ2) is 8.92. The Hall–Kier alpha value is -2.96. The number of hydrogen-bond donors (Lipinski definition) is 3. The molecule has 5 N–H and O–H groups in total. The predicted octanol–water partition coefficient (Wildman–Crippen LogP) is 2.22. The first-order chi connectivity index (χ1) is 16.7. The van der Waals surface area contributed by atoms with Crippen LogP contribution in [-0.4, -0.2) is 59.7 Å². The quantitative estimate of drug-likeness (QED) is 0.483. The number of alkyl halides is 2. The zero-order valence-corrected chi connectivity index (χ0v) is 20.2. The number of hydrogen-bond acceptors (Lipinski definition) is 9. The highest BCUT2D eigenvalue weighted by molar-refractivity contribution is 7.21. The molecule has 3 unspecified atom stereocenters. The Balaban J connectivity index is 1.35. The first kappa shape index (κ1) is 23.8. The van der Waals surface area contributed by atoms with Crippen LogP contribution in [0.5, 0.6) is 0 Å². The smallest absolute Gasteiger partial charge is 0.294 e. The maximum Gasteiger partial charge on any atom is 0.294 e. The fraction of sp³-hybridized carbons (Fsp3) is 0.478. The van der Waals surface area contributed by atoms with E-state index in [2.05, 4.69) is 20.3 Å². The number of fused-ring (bicyclic) bond motifs is 2. The lowest BCUT2D eigenvalue weighted by molar-refractivity contribution is -0.0509. The van der Waals surface area contributed by atoms with Gasteiger partial charge in [0.2, 0.25) is 0 Å². The Kier molecular flexibility index (Phi) is 6.06. The first-order valence-electron chi connectivity index (χ1n) is 11.4. The van der Waals surface area contributed by atoms with Crippen LogP contribution in [0.3, 0.4) is 0 Å². The van der Waals surface area contributed by atoms with Crippen LogP contribution in [-0.2, 0) is 17.1 Å². The van der Waals surface area contributed by atoms with Gasteiger partial charge in [0, 0.05) is 43.9 Å². The molecule has 1 aliphatic heterocycles. The highest BCUT2D eigenvalue weighted by Crippen LogP contribution is 2.41. The average Bonchev–Trinajstić information content (AvgIpc) is 3.35. The molecule has 4 heterocycles. The van der Waals surface area contributed by atoms with Gasteiger partial charge in [-0.15, -0.1) is 11.3 Å². The molecule has 0 saturated carbocycles. The van der Waals surface area contributed by atoms with Gasteiger partial charge in [-0.3, -0.25) is 4.79 Å². The fourth-order valence-corrected chi connectivity index (χ4v) is 5.81. The van der Waals surface area contributed by atoms with E-state index >= 15 is 8.78 Å². The molecule has 1 fully saturated rings. The maximum absolute atomic E-state index is 15.5. The van der Waals surface area contributed by atoms with Crippen LogP contribution < -0.4 is 21.7 Å². The minimum atomic E-state index is -3.28. The zero-order chi connectivity index (χ0) is 24.9. The summed E-state index contributed by atoms with van der Waals surface area (Å²) in [4.78, 5) is 28.6. The van der Waals surface area contributed by atoms with E-state index in [-0.39, 0.29) is 34.5 Å². The van der Waals surface area contributed by atoms with E-state index in [0.29, 0.717) is 53.7 Å². The fourth-order valence-electron chi connectivity index (χ4n) is 4.81. The van der Waals surface area contributed by atoms with Crippen molar-refractivity contribution >= 4 is 39.1 Å². The van der Waals surface area contributed by atoms with Crippen molar-refractivity contribution in [3.05, 3.63) is 40.2 Å². The van der Waals surface area contributed by atoms with Crippen LogP contribution in [0.2, 0.25) is 0 Å². The molecular formula is C23H27F2N7O2S. The number of nitrogens with one attached hydrogen (secondary N) is 1. The molecule has 12 heteroatoms. The Morgan fingerprint density at radius 3 is 2.91 bits per heavy atom. The molecule has 1 saturated heterocycles. The molecule has 5 rings (SSSR count). The minimum Gasteiger partial charge on any atom is -0.396 e. The Labute approximate surface area is 204 Å². The molecule has 3 aromatic heterocycles. The summed E-state index contributed by atoms with van der Waals surface area (Å²) in [6, 6.07) is 1.57. The van der Waals surface area contributed by atoms with Gasteiger partial charge >= 0.3 is 0 Å². The number of anilines is 2. The zero-order valence-electron chi connectivity index (χ0n) is 19.4. The van der Waals surface area contributed by atoms with Gasteiger partial charge in [-0.1, -0.05) is 0 Å². The van der Waals surface area contributed by atoms with Gasteiger partial charge in [-0.2, -0.15) is 8.78 Å². The highest BCUT2D eigenvalue weighted by Gasteiger charge is 2.47. The summed E-state index contributed by atoms with van der Waals surface area (Å²) < 4.78 is 36.2. The van der Waals surface area contributed by atoms with Crippen molar-refractivity contribution < 1.29 is 18.3 Å². The number of nitrogens with two attached hydrogens (primary N) is 2. The summed E-state index contributed by atoms with van der Waals surface area (Å²) in [5.41, 5.74) is 13.7. The number of halogens is 2. The van der Waals surface area contributed by atoms with Gasteiger partial charge in [0.1, 0.15) is 21.0 Å². The summed E-state index contributed by atoms with van der Waals surface area (Å²) in [6.07, 6.45) is 1.91. The second-order valence-electron chi connectivity index (χ2n) is 9.15. The van der Waals surface area contributed by atoms with Crippen molar-refractivity contribution in [2.75, 3.05) is 37.4 Å². The topological polar surface area (TPSA) is 132 Å². The normalized spacial score (nSPS) is 23.5. The summed E-state index contributed by atoms with van der Waals surface area (Å²) in [6.45, 7) is 3.57. The molecule has 1 aliphatic carbocycles. The van der Waals surface area contributed by atoms with Crippen molar-refractivity contribution in [1.29, 1.82) is 0 Å². The van der Waals surface area contributed by atoms with E-state index in [0.717, 1.165) is 11.3 Å². The SMILES string of the molecule is COCC1CN(c2ccc3c(n2)CCC(NC(=O)c2sc4nc(C)cnc4c2N)C3(F)F)CC1N. The molecular weight excluding hydrogens is 476 g/mol. The predicted molar refractivity (Wildman–Crippen MR) is 130 cm³/mol. The van der Waals surface area contributed by atoms with E-state index in [1.165, 1.54) is 6.07 Å². The van der Waals surface area contributed by atoms with Crippen LogP contribution in [0.4, 0.5) is 20.3 Å². The summed E-state index contributed by atoms with van der Waals surface area (Å²) >= 11 is 1.05. The van der Waals surface area contributed by atoms with Crippen LogP contribution >= 0.6 is 11.3 Å². The molecule has 1 amide bonds. The van der Waals surface area contributed by atoms with Gasteiger partial charge in [0.05, 0.1) is 29.7 Å². The molecule has 9 nitrogen and oxygen atoms in total. The number of ether oxygens (including phenoxy) is 1. The molecule has 3 aromatic rings. The highest BCUT2D eigenvalue weighted by atomic mass is 32.1. The summed E-state index contributed by atoms with van der Waals surface area (Å²) in [5.74, 6) is -3.15. The van der Waals surface area contributed by atoms with E-state index in [4.69, 9.17) is 16.2 Å². The lowest BCUT2D eigenvalue weighted by atomic mass is 9.88. The Morgan fingerprint density at radius 1 is 1.34 bits per heavy atom. The lowest BCUT2D eigenvalue weighted by Crippen LogP contribution is -2.49. The average molecular weight is 504 g/mol. The van der Waals surface area contributed by atoms with Crippen molar-refractivity contribution in [3.63, 3.8) is 0 Å². The number of methoxy groups -OCH3 is 1. The number of amides is 1. The van der Waals surface area contributed by atoms with Gasteiger partial charge in [0.15, 0.2) is 0 Å². The largest absolute Gasteiger partial charge is 0.396 e. The van der Waals surface area contributed by atoms with Crippen molar-refractivity contribution in [1.82, 2.24) is 20.3 Å².